The van der Waals surface area contributed by atoms with Gasteiger partial charge >= 0.3 is 11.9 Å². The van der Waals surface area contributed by atoms with Crippen molar-refractivity contribution in [2.75, 3.05) is 6.61 Å². The second kappa shape index (κ2) is 6.20. The molecule has 0 fully saturated rings. The Hall–Kier alpha value is -1.62. The second-order valence-electron chi connectivity index (χ2n) is 3.49. The molecule has 1 N–H and O–H groups in total. The molecule has 0 aliphatic carbocycles. The van der Waals surface area contributed by atoms with Gasteiger partial charge in [-0.05, 0) is 36.9 Å². The largest absolute Gasteiger partial charge is 0.481 e. The number of carbonyl (C=O) groups is 2. The highest BCUT2D eigenvalue weighted by Gasteiger charge is 2.14. The monoisotopic (exact) mass is 254 g/mol. The predicted octanol–water partition coefficient (Wildman–Crippen LogP) is 2.48. The Kier molecular flexibility index (Phi) is 4.90. The third-order valence-corrected chi connectivity index (χ3v) is 2.94. The third kappa shape index (κ3) is 4.40. The molecule has 0 atom stereocenters. The van der Waals surface area contributed by atoms with Crippen LogP contribution in [0.25, 0.3) is 6.08 Å². The van der Waals surface area contributed by atoms with Crippen LogP contribution in [-0.4, -0.2) is 23.7 Å². The number of rotatable bonds is 5. The van der Waals surface area contributed by atoms with E-state index < -0.39 is 11.9 Å². The molecule has 0 saturated carbocycles. The van der Waals surface area contributed by atoms with Gasteiger partial charge in [-0.1, -0.05) is 0 Å². The molecule has 1 aromatic rings. The molecule has 0 unspecified atom stereocenters. The van der Waals surface area contributed by atoms with Crippen LogP contribution in [0, 0.1) is 6.92 Å². The molecule has 1 heterocycles. The molecule has 0 aliphatic rings. The lowest BCUT2D eigenvalue weighted by Gasteiger charge is -2.03. The van der Waals surface area contributed by atoms with Gasteiger partial charge in [-0.25, -0.2) is 4.79 Å². The molecule has 17 heavy (non-hydrogen) atoms. The molecule has 0 bridgehead atoms. The smallest absolute Gasteiger partial charge is 0.334 e. The van der Waals surface area contributed by atoms with Crippen molar-refractivity contribution in [3.05, 3.63) is 27.5 Å². The fourth-order valence-corrected chi connectivity index (χ4v) is 2.12. The minimum absolute atomic E-state index is 0.168. The van der Waals surface area contributed by atoms with E-state index in [1.165, 1.54) is 11.3 Å². The van der Waals surface area contributed by atoms with Crippen molar-refractivity contribution in [2.24, 2.45) is 0 Å². The SMILES string of the molecule is CCOC(=O)/C(=C/c1cc(C)cs1)CC(=O)O. The van der Waals surface area contributed by atoms with Crippen LogP contribution >= 0.6 is 11.3 Å². The van der Waals surface area contributed by atoms with E-state index in [9.17, 15) is 9.59 Å². The molecule has 0 spiro atoms. The number of esters is 1. The van der Waals surface area contributed by atoms with Crippen LogP contribution in [0.5, 0.6) is 0 Å². The molecule has 1 rings (SSSR count). The fraction of sp³-hybridized carbons (Fsp3) is 0.333. The quantitative estimate of drug-likeness (QED) is 0.647. The number of thiophene rings is 1. The maximum Gasteiger partial charge on any atom is 0.334 e. The van der Waals surface area contributed by atoms with Gasteiger partial charge in [0, 0.05) is 10.5 Å². The van der Waals surface area contributed by atoms with Crippen LogP contribution in [0.1, 0.15) is 23.8 Å². The Balaban J connectivity index is 2.92. The maximum atomic E-state index is 11.5. The molecule has 1 aromatic heterocycles. The van der Waals surface area contributed by atoms with E-state index in [1.807, 2.05) is 18.4 Å². The van der Waals surface area contributed by atoms with Crippen molar-refractivity contribution < 1.29 is 19.4 Å². The molecule has 5 heteroatoms. The third-order valence-electron chi connectivity index (χ3n) is 1.95. The van der Waals surface area contributed by atoms with E-state index in [0.29, 0.717) is 0 Å². The summed E-state index contributed by atoms with van der Waals surface area (Å²) >= 11 is 1.46. The Bertz CT molecular complexity index is 445. The normalized spacial score (nSPS) is 11.3. The van der Waals surface area contributed by atoms with Gasteiger partial charge in [0.2, 0.25) is 0 Å². The number of hydrogen-bond acceptors (Lipinski definition) is 4. The molecule has 0 aromatic carbocycles. The standard InChI is InChI=1S/C12H14O4S/c1-3-16-12(15)9(6-11(13)14)5-10-4-8(2)7-17-10/h4-5,7H,3,6H2,1-2H3,(H,13,14)/b9-5+. The minimum Gasteiger partial charge on any atom is -0.481 e. The molecular formula is C12H14O4S. The van der Waals surface area contributed by atoms with Crippen molar-refractivity contribution in [3.63, 3.8) is 0 Å². The van der Waals surface area contributed by atoms with Gasteiger partial charge < -0.3 is 9.84 Å². The van der Waals surface area contributed by atoms with Crippen molar-refractivity contribution in [1.82, 2.24) is 0 Å². The number of ether oxygens (including phenoxy) is 1. The van der Waals surface area contributed by atoms with Crippen molar-refractivity contribution >= 4 is 29.4 Å². The number of aryl methyl sites for hydroxylation is 1. The zero-order chi connectivity index (χ0) is 12.8. The Morgan fingerprint density at radius 2 is 2.24 bits per heavy atom. The maximum absolute atomic E-state index is 11.5. The van der Waals surface area contributed by atoms with Gasteiger partial charge in [0.05, 0.1) is 13.0 Å². The Morgan fingerprint density at radius 1 is 1.53 bits per heavy atom. The molecule has 0 saturated heterocycles. The zero-order valence-electron chi connectivity index (χ0n) is 9.73. The average Bonchev–Trinajstić information content (AvgIpc) is 2.63. The molecule has 0 aliphatic heterocycles. The van der Waals surface area contributed by atoms with Gasteiger partial charge in [0.25, 0.3) is 0 Å². The molecule has 0 radical (unpaired) electrons. The first-order valence-electron chi connectivity index (χ1n) is 5.17. The van der Waals surface area contributed by atoms with Crippen LogP contribution in [0.2, 0.25) is 0 Å². The average molecular weight is 254 g/mol. The van der Waals surface area contributed by atoms with E-state index in [4.69, 9.17) is 9.84 Å². The van der Waals surface area contributed by atoms with Crippen LogP contribution in [0.15, 0.2) is 17.0 Å². The van der Waals surface area contributed by atoms with Gasteiger partial charge in [-0.15, -0.1) is 11.3 Å². The zero-order valence-corrected chi connectivity index (χ0v) is 10.5. The molecule has 4 nitrogen and oxygen atoms in total. The summed E-state index contributed by atoms with van der Waals surface area (Å²) in [6.07, 6.45) is 1.25. The van der Waals surface area contributed by atoms with E-state index in [-0.39, 0.29) is 18.6 Å². The summed E-state index contributed by atoms with van der Waals surface area (Å²) in [5, 5.41) is 10.7. The summed E-state index contributed by atoms with van der Waals surface area (Å²) in [7, 11) is 0. The fourth-order valence-electron chi connectivity index (χ4n) is 1.27. The first-order chi connectivity index (χ1) is 8.02. The number of carboxylic acid groups (broad SMARTS) is 1. The van der Waals surface area contributed by atoms with Gasteiger partial charge in [-0.2, -0.15) is 0 Å². The van der Waals surface area contributed by atoms with Crippen LogP contribution in [0.4, 0.5) is 0 Å². The summed E-state index contributed by atoms with van der Waals surface area (Å²) in [6.45, 7) is 3.86. The highest BCUT2D eigenvalue weighted by atomic mass is 32.1. The van der Waals surface area contributed by atoms with Crippen molar-refractivity contribution in [3.8, 4) is 0 Å². The number of carbonyl (C=O) groups excluding carboxylic acids is 1. The van der Waals surface area contributed by atoms with Gasteiger partial charge in [0.15, 0.2) is 0 Å². The summed E-state index contributed by atoms with van der Waals surface area (Å²) in [5.41, 5.74) is 1.25. The van der Waals surface area contributed by atoms with E-state index in [0.717, 1.165) is 10.4 Å². The highest BCUT2D eigenvalue weighted by Crippen LogP contribution is 2.19. The van der Waals surface area contributed by atoms with Crippen LogP contribution in [0.3, 0.4) is 0 Å². The lowest BCUT2D eigenvalue weighted by molar-refractivity contribution is -0.142. The van der Waals surface area contributed by atoms with Crippen molar-refractivity contribution in [2.45, 2.75) is 20.3 Å². The van der Waals surface area contributed by atoms with Crippen LogP contribution in [-0.2, 0) is 14.3 Å². The summed E-state index contributed by atoms with van der Waals surface area (Å²) in [6, 6.07) is 1.89. The number of carboxylic acids is 1. The minimum atomic E-state index is -1.04. The Morgan fingerprint density at radius 3 is 2.71 bits per heavy atom. The predicted molar refractivity (Wildman–Crippen MR) is 65.9 cm³/mol. The van der Waals surface area contributed by atoms with E-state index in [2.05, 4.69) is 0 Å². The molecular weight excluding hydrogens is 240 g/mol. The van der Waals surface area contributed by atoms with Gasteiger partial charge in [0.1, 0.15) is 0 Å². The Labute approximate surface area is 104 Å². The summed E-state index contributed by atoms with van der Waals surface area (Å²) < 4.78 is 4.82. The molecule has 92 valence electrons. The van der Waals surface area contributed by atoms with Crippen molar-refractivity contribution in [1.29, 1.82) is 0 Å². The first-order valence-corrected chi connectivity index (χ1v) is 6.05. The van der Waals surface area contributed by atoms with E-state index >= 15 is 0 Å². The number of aliphatic carboxylic acids is 1. The second-order valence-corrected chi connectivity index (χ2v) is 4.43. The first kappa shape index (κ1) is 13.4. The summed E-state index contributed by atoms with van der Waals surface area (Å²) in [5.74, 6) is -1.61. The summed E-state index contributed by atoms with van der Waals surface area (Å²) in [4.78, 5) is 23.1. The van der Waals surface area contributed by atoms with Gasteiger partial charge in [-0.3, -0.25) is 4.79 Å². The lowest BCUT2D eigenvalue weighted by Crippen LogP contribution is -2.11. The highest BCUT2D eigenvalue weighted by molar-refractivity contribution is 7.11. The lowest BCUT2D eigenvalue weighted by atomic mass is 10.1. The molecule has 0 amide bonds. The van der Waals surface area contributed by atoms with Crippen LogP contribution < -0.4 is 0 Å². The topological polar surface area (TPSA) is 63.6 Å². The number of hydrogen-bond donors (Lipinski definition) is 1. The van der Waals surface area contributed by atoms with E-state index in [1.54, 1.807) is 13.0 Å².